The van der Waals surface area contributed by atoms with Gasteiger partial charge in [-0.15, -0.1) is 0 Å². The van der Waals surface area contributed by atoms with Crippen LogP contribution in [0.15, 0.2) is 85.2 Å². The lowest BCUT2D eigenvalue weighted by molar-refractivity contribution is 0.0789. The molecule has 2 aromatic heterocycles. The third-order valence-electron chi connectivity index (χ3n) is 8.78. The lowest BCUT2D eigenvalue weighted by atomic mass is 10.0. The largest absolute Gasteiger partial charge is 0.393 e. The van der Waals surface area contributed by atoms with Crippen LogP contribution in [0, 0.1) is 13.8 Å². The van der Waals surface area contributed by atoms with Gasteiger partial charge in [0.05, 0.1) is 12.3 Å². The molecule has 0 radical (unpaired) electrons. The summed E-state index contributed by atoms with van der Waals surface area (Å²) in [6, 6.07) is 27.3. The van der Waals surface area contributed by atoms with Crippen molar-refractivity contribution in [1.29, 1.82) is 0 Å². The van der Waals surface area contributed by atoms with E-state index in [4.69, 9.17) is 15.0 Å². The average Bonchev–Trinajstić information content (AvgIpc) is 3.42. The fourth-order valence-corrected chi connectivity index (χ4v) is 6.41. The number of aryl methyl sites for hydroxylation is 1. The molecule has 3 atom stereocenters. The summed E-state index contributed by atoms with van der Waals surface area (Å²) in [4.78, 5) is 21.9. The highest BCUT2D eigenvalue weighted by molar-refractivity contribution is 5.88. The van der Waals surface area contributed by atoms with Crippen LogP contribution in [0.3, 0.4) is 0 Å². The maximum atomic E-state index is 10.7. The van der Waals surface area contributed by atoms with E-state index in [2.05, 4.69) is 89.6 Å². The number of fused-ring (bicyclic) bond motifs is 1. The number of imidazole rings is 1. The van der Waals surface area contributed by atoms with Crippen LogP contribution in [-0.2, 0) is 0 Å². The van der Waals surface area contributed by atoms with E-state index >= 15 is 0 Å². The number of nitrogens with zero attached hydrogens (tertiary/aromatic N) is 7. The summed E-state index contributed by atoms with van der Waals surface area (Å²) in [7, 11) is 2.07. The smallest absolute Gasteiger partial charge is 0.170 e. The van der Waals surface area contributed by atoms with Gasteiger partial charge in [-0.25, -0.2) is 15.0 Å². The Bertz CT molecular complexity index is 1690. The van der Waals surface area contributed by atoms with Crippen LogP contribution >= 0.6 is 0 Å². The normalized spacial score (nSPS) is 17.3. The lowest BCUT2D eigenvalue weighted by Crippen LogP contribution is -2.60. The summed E-state index contributed by atoms with van der Waals surface area (Å²) >= 11 is 0. The van der Waals surface area contributed by atoms with Gasteiger partial charge >= 0.3 is 0 Å². The van der Waals surface area contributed by atoms with Crippen LogP contribution < -0.4 is 9.80 Å². The Morgan fingerprint density at radius 1 is 0.930 bits per heavy atom. The number of aromatic nitrogens is 4. The first-order valence-corrected chi connectivity index (χ1v) is 15.2. The van der Waals surface area contributed by atoms with E-state index in [0.29, 0.717) is 6.42 Å². The molecule has 1 aliphatic heterocycles. The quantitative estimate of drug-likeness (QED) is 0.249. The van der Waals surface area contributed by atoms with E-state index in [-0.39, 0.29) is 12.2 Å². The van der Waals surface area contributed by atoms with Gasteiger partial charge in [-0.1, -0.05) is 60.7 Å². The standard InChI is InChI=1S/C35H41N7O/c1-24-13-12-18-30(27(24)4)40-19-20-41(25(2)22-40)31(21-26(3)43)39(5)34-32-35(37-23-36-34)42(29-16-10-7-11-17-29)33(38-32)28-14-8-6-9-15-28/h6-18,23,25-26,31,43H,19-22H2,1-5H3/t25-,26?,31?/m1/s1. The number of piperazine rings is 1. The van der Waals surface area contributed by atoms with Crippen molar-refractivity contribution < 1.29 is 5.11 Å². The molecule has 5 aromatic rings. The molecule has 222 valence electrons. The number of hydrogen-bond donors (Lipinski definition) is 1. The van der Waals surface area contributed by atoms with Crippen LogP contribution in [0.1, 0.15) is 31.4 Å². The molecule has 0 saturated carbocycles. The lowest BCUT2D eigenvalue weighted by Gasteiger charge is -2.48. The summed E-state index contributed by atoms with van der Waals surface area (Å²) in [5.74, 6) is 1.58. The molecule has 1 fully saturated rings. The zero-order valence-electron chi connectivity index (χ0n) is 25.7. The number of benzene rings is 3. The highest BCUT2D eigenvalue weighted by Crippen LogP contribution is 2.33. The van der Waals surface area contributed by atoms with E-state index in [1.807, 2.05) is 43.3 Å². The van der Waals surface area contributed by atoms with Crippen LogP contribution in [0.4, 0.5) is 11.5 Å². The highest BCUT2D eigenvalue weighted by atomic mass is 16.3. The minimum atomic E-state index is -0.476. The summed E-state index contributed by atoms with van der Waals surface area (Å²) in [6.45, 7) is 11.2. The molecule has 0 amide bonds. The van der Waals surface area contributed by atoms with Crippen LogP contribution in [0.5, 0.6) is 0 Å². The number of rotatable bonds is 8. The Morgan fingerprint density at radius 2 is 1.65 bits per heavy atom. The van der Waals surface area contributed by atoms with E-state index in [9.17, 15) is 5.11 Å². The molecule has 1 aliphatic rings. The Hall–Kier alpha value is -4.27. The van der Waals surface area contributed by atoms with Gasteiger partial charge in [0, 0.05) is 56.1 Å². The molecule has 0 aliphatic carbocycles. The fourth-order valence-electron chi connectivity index (χ4n) is 6.41. The van der Waals surface area contributed by atoms with Crippen LogP contribution in [-0.4, -0.2) is 74.5 Å². The van der Waals surface area contributed by atoms with Crippen molar-refractivity contribution in [1.82, 2.24) is 24.4 Å². The number of aliphatic hydroxyl groups is 1. The first-order valence-electron chi connectivity index (χ1n) is 15.2. The van der Waals surface area contributed by atoms with Crippen molar-refractivity contribution in [3.05, 3.63) is 96.3 Å². The molecule has 0 bridgehead atoms. The van der Waals surface area contributed by atoms with Crippen molar-refractivity contribution in [3.63, 3.8) is 0 Å². The minimum Gasteiger partial charge on any atom is -0.393 e. The Morgan fingerprint density at radius 3 is 2.35 bits per heavy atom. The van der Waals surface area contributed by atoms with Crippen molar-refractivity contribution in [2.24, 2.45) is 0 Å². The second-order valence-electron chi connectivity index (χ2n) is 11.8. The summed E-state index contributed by atoms with van der Waals surface area (Å²) in [6.07, 6.45) is 1.67. The van der Waals surface area contributed by atoms with E-state index in [1.165, 1.54) is 16.8 Å². The summed E-state index contributed by atoms with van der Waals surface area (Å²) < 4.78 is 2.11. The number of aliphatic hydroxyl groups excluding tert-OH is 1. The second-order valence-corrected chi connectivity index (χ2v) is 11.8. The zero-order chi connectivity index (χ0) is 30.1. The Balaban J connectivity index is 1.38. The minimum absolute atomic E-state index is 0.0732. The molecule has 1 saturated heterocycles. The summed E-state index contributed by atoms with van der Waals surface area (Å²) in [5.41, 5.74) is 7.46. The van der Waals surface area contributed by atoms with Crippen molar-refractivity contribution in [3.8, 4) is 17.1 Å². The van der Waals surface area contributed by atoms with Crippen LogP contribution in [0.2, 0.25) is 0 Å². The van der Waals surface area contributed by atoms with E-state index in [0.717, 1.165) is 53.7 Å². The molecule has 6 rings (SSSR count). The van der Waals surface area contributed by atoms with Gasteiger partial charge in [0.15, 0.2) is 17.0 Å². The van der Waals surface area contributed by atoms with Gasteiger partial charge in [0.25, 0.3) is 0 Å². The van der Waals surface area contributed by atoms with Gasteiger partial charge in [0.2, 0.25) is 0 Å². The third kappa shape index (κ3) is 5.60. The maximum Gasteiger partial charge on any atom is 0.170 e. The molecule has 3 aromatic carbocycles. The van der Waals surface area contributed by atoms with E-state index in [1.54, 1.807) is 6.33 Å². The predicted octanol–water partition coefficient (Wildman–Crippen LogP) is 5.84. The number of anilines is 2. The first kappa shape index (κ1) is 28.8. The van der Waals surface area contributed by atoms with E-state index < -0.39 is 6.10 Å². The third-order valence-corrected chi connectivity index (χ3v) is 8.78. The Labute approximate surface area is 254 Å². The average molecular weight is 576 g/mol. The molecule has 8 heteroatoms. The van der Waals surface area contributed by atoms with Crippen molar-refractivity contribution >= 4 is 22.7 Å². The monoisotopic (exact) mass is 575 g/mol. The molecule has 2 unspecified atom stereocenters. The van der Waals surface area contributed by atoms with Gasteiger partial charge < -0.3 is 14.9 Å². The molecule has 43 heavy (non-hydrogen) atoms. The molecule has 3 heterocycles. The summed E-state index contributed by atoms with van der Waals surface area (Å²) in [5, 5.41) is 10.7. The van der Waals surface area contributed by atoms with Gasteiger partial charge in [-0.2, -0.15) is 0 Å². The van der Waals surface area contributed by atoms with Crippen molar-refractivity contribution in [2.75, 3.05) is 36.5 Å². The second kappa shape index (κ2) is 12.1. The van der Waals surface area contributed by atoms with Gasteiger partial charge in [0.1, 0.15) is 12.2 Å². The van der Waals surface area contributed by atoms with Crippen molar-refractivity contribution in [2.45, 2.75) is 52.4 Å². The molecule has 8 nitrogen and oxygen atoms in total. The molecule has 0 spiro atoms. The maximum absolute atomic E-state index is 10.7. The number of para-hydroxylation sites is 1. The molecule has 1 N–H and O–H groups in total. The SMILES string of the molecule is Cc1cccc(N2CCN(C(CC(C)O)N(C)c3ncnc4c3nc(-c3ccccc3)n4-c3ccccc3)[C@H](C)C2)c1C. The first-order chi connectivity index (χ1) is 20.8. The highest BCUT2D eigenvalue weighted by Gasteiger charge is 2.34. The van der Waals surface area contributed by atoms with Crippen LogP contribution in [0.25, 0.3) is 28.2 Å². The molecular formula is C35H41N7O. The molecular weight excluding hydrogens is 534 g/mol. The zero-order valence-corrected chi connectivity index (χ0v) is 25.7. The van der Waals surface area contributed by atoms with Gasteiger partial charge in [-0.3, -0.25) is 9.47 Å². The fraction of sp³-hybridized carbons (Fsp3) is 0.343. The van der Waals surface area contributed by atoms with Gasteiger partial charge in [-0.05, 0) is 57.0 Å². The Kier molecular flexibility index (Phi) is 8.15. The topological polar surface area (TPSA) is 73.6 Å². The number of hydrogen-bond acceptors (Lipinski definition) is 7. The predicted molar refractivity (Wildman–Crippen MR) is 175 cm³/mol.